The second-order valence-electron chi connectivity index (χ2n) is 4.58. The predicted molar refractivity (Wildman–Crippen MR) is 70.8 cm³/mol. The second kappa shape index (κ2) is 4.76. The maximum absolute atomic E-state index is 9.51. The fraction of sp³-hybridized carbons (Fsp3) is 0.538. The maximum Gasteiger partial charge on any atom is 0.0762 e. The van der Waals surface area contributed by atoms with E-state index >= 15 is 0 Å². The van der Waals surface area contributed by atoms with Crippen molar-refractivity contribution < 1.29 is 5.11 Å². The molecule has 0 unspecified atom stereocenters. The van der Waals surface area contributed by atoms with Gasteiger partial charge in [-0.1, -0.05) is 6.07 Å². The van der Waals surface area contributed by atoms with Crippen LogP contribution in [-0.2, 0) is 0 Å². The standard InChI is InChI=1S/C13H18BrNO/c1-9(16)10-6-7-13(12(14)8-10)15(2)11-4-3-5-11/h6-9,11,16H,3-5H2,1-2H3/t9-/m0/s1. The van der Waals surface area contributed by atoms with Gasteiger partial charge in [-0.05, 0) is 59.8 Å². The monoisotopic (exact) mass is 283 g/mol. The van der Waals surface area contributed by atoms with Gasteiger partial charge < -0.3 is 10.0 Å². The molecule has 1 saturated carbocycles. The van der Waals surface area contributed by atoms with Crippen LogP contribution < -0.4 is 4.90 Å². The van der Waals surface area contributed by atoms with Crippen LogP contribution in [0.15, 0.2) is 22.7 Å². The second-order valence-corrected chi connectivity index (χ2v) is 5.44. The molecule has 0 spiro atoms. The lowest BCUT2D eigenvalue weighted by Gasteiger charge is -2.37. The molecule has 1 aromatic carbocycles. The van der Waals surface area contributed by atoms with Crippen LogP contribution in [-0.4, -0.2) is 18.2 Å². The zero-order valence-corrected chi connectivity index (χ0v) is 11.4. The van der Waals surface area contributed by atoms with Crippen LogP contribution in [0.4, 0.5) is 5.69 Å². The van der Waals surface area contributed by atoms with E-state index in [0.29, 0.717) is 6.04 Å². The molecule has 88 valence electrons. The van der Waals surface area contributed by atoms with Gasteiger partial charge in [0.05, 0.1) is 11.8 Å². The van der Waals surface area contributed by atoms with Crippen molar-refractivity contribution in [3.63, 3.8) is 0 Å². The van der Waals surface area contributed by atoms with Crippen LogP contribution in [0.3, 0.4) is 0 Å². The van der Waals surface area contributed by atoms with Crippen molar-refractivity contribution in [2.24, 2.45) is 0 Å². The van der Waals surface area contributed by atoms with Crippen molar-refractivity contribution in [2.45, 2.75) is 38.3 Å². The first-order valence-electron chi connectivity index (χ1n) is 5.80. The molecule has 1 aliphatic carbocycles. The molecule has 0 bridgehead atoms. The summed E-state index contributed by atoms with van der Waals surface area (Å²) >= 11 is 3.58. The van der Waals surface area contributed by atoms with E-state index in [2.05, 4.69) is 33.9 Å². The summed E-state index contributed by atoms with van der Waals surface area (Å²) in [7, 11) is 2.14. The third kappa shape index (κ3) is 2.25. The van der Waals surface area contributed by atoms with Crippen LogP contribution in [0.2, 0.25) is 0 Å². The molecule has 1 aromatic rings. The van der Waals surface area contributed by atoms with E-state index in [9.17, 15) is 5.11 Å². The van der Waals surface area contributed by atoms with Crippen LogP contribution in [0, 0.1) is 0 Å². The first-order valence-corrected chi connectivity index (χ1v) is 6.59. The van der Waals surface area contributed by atoms with Crippen molar-refractivity contribution in [2.75, 3.05) is 11.9 Å². The van der Waals surface area contributed by atoms with E-state index in [0.717, 1.165) is 10.0 Å². The van der Waals surface area contributed by atoms with Gasteiger partial charge in [0.25, 0.3) is 0 Å². The molecule has 16 heavy (non-hydrogen) atoms. The number of aliphatic hydroxyl groups excluding tert-OH is 1. The molecule has 1 fully saturated rings. The molecule has 2 nitrogen and oxygen atoms in total. The first-order chi connectivity index (χ1) is 7.59. The number of aliphatic hydroxyl groups is 1. The van der Waals surface area contributed by atoms with Crippen molar-refractivity contribution in [1.29, 1.82) is 0 Å². The molecule has 0 saturated heterocycles. The average Bonchev–Trinajstić information content (AvgIpc) is 2.14. The molecule has 0 heterocycles. The Morgan fingerprint density at radius 1 is 1.44 bits per heavy atom. The number of hydrogen-bond acceptors (Lipinski definition) is 2. The van der Waals surface area contributed by atoms with Crippen molar-refractivity contribution in [3.05, 3.63) is 28.2 Å². The first kappa shape index (κ1) is 11.9. The van der Waals surface area contributed by atoms with E-state index in [1.807, 2.05) is 12.1 Å². The lowest BCUT2D eigenvalue weighted by atomic mass is 9.91. The summed E-state index contributed by atoms with van der Waals surface area (Å²) < 4.78 is 1.07. The number of anilines is 1. The molecule has 0 aromatic heterocycles. The van der Waals surface area contributed by atoms with Gasteiger partial charge in [-0.2, -0.15) is 0 Å². The number of benzene rings is 1. The molecule has 1 N–H and O–H groups in total. The normalized spacial score (nSPS) is 18.0. The number of hydrogen-bond donors (Lipinski definition) is 1. The van der Waals surface area contributed by atoms with Gasteiger partial charge in [-0.15, -0.1) is 0 Å². The third-order valence-corrected chi connectivity index (χ3v) is 4.09. The highest BCUT2D eigenvalue weighted by Crippen LogP contribution is 2.34. The Balaban J connectivity index is 2.21. The van der Waals surface area contributed by atoms with Crippen LogP contribution >= 0.6 is 15.9 Å². The minimum atomic E-state index is -0.403. The van der Waals surface area contributed by atoms with Gasteiger partial charge in [0, 0.05) is 17.6 Å². The van der Waals surface area contributed by atoms with Gasteiger partial charge in [-0.25, -0.2) is 0 Å². The Kier molecular flexibility index (Phi) is 3.55. The van der Waals surface area contributed by atoms with E-state index < -0.39 is 6.10 Å². The highest BCUT2D eigenvalue weighted by molar-refractivity contribution is 9.10. The largest absolute Gasteiger partial charge is 0.389 e. The number of rotatable bonds is 3. The van der Waals surface area contributed by atoms with E-state index in [1.165, 1.54) is 24.9 Å². The highest BCUT2D eigenvalue weighted by Gasteiger charge is 2.23. The summed E-state index contributed by atoms with van der Waals surface area (Å²) in [6.45, 7) is 1.79. The van der Waals surface area contributed by atoms with E-state index in [4.69, 9.17) is 0 Å². The Morgan fingerprint density at radius 3 is 2.56 bits per heavy atom. The van der Waals surface area contributed by atoms with Crippen molar-refractivity contribution in [3.8, 4) is 0 Å². The Morgan fingerprint density at radius 2 is 2.12 bits per heavy atom. The molecular weight excluding hydrogens is 266 g/mol. The fourth-order valence-electron chi connectivity index (χ4n) is 2.04. The Labute approximate surface area is 105 Å². The molecule has 2 rings (SSSR count). The summed E-state index contributed by atoms with van der Waals surface area (Å²) in [6.07, 6.45) is 3.53. The molecule has 1 atom stereocenters. The van der Waals surface area contributed by atoms with Crippen molar-refractivity contribution >= 4 is 21.6 Å². The van der Waals surface area contributed by atoms with E-state index in [-0.39, 0.29) is 0 Å². The lowest BCUT2D eigenvalue weighted by Crippen LogP contribution is -2.37. The smallest absolute Gasteiger partial charge is 0.0762 e. The van der Waals surface area contributed by atoms with Crippen LogP contribution in [0.25, 0.3) is 0 Å². The van der Waals surface area contributed by atoms with Gasteiger partial charge in [0.1, 0.15) is 0 Å². The Bertz CT molecular complexity index is 374. The molecule has 0 aliphatic heterocycles. The quantitative estimate of drug-likeness (QED) is 0.918. The topological polar surface area (TPSA) is 23.5 Å². The summed E-state index contributed by atoms with van der Waals surface area (Å²) in [5, 5.41) is 9.51. The SMILES string of the molecule is C[C@H](O)c1ccc(N(C)C2CCC2)c(Br)c1. The number of nitrogens with zero attached hydrogens (tertiary/aromatic N) is 1. The van der Waals surface area contributed by atoms with Gasteiger partial charge in [-0.3, -0.25) is 0 Å². The zero-order valence-electron chi connectivity index (χ0n) is 9.78. The summed E-state index contributed by atoms with van der Waals surface area (Å²) in [4.78, 5) is 2.33. The predicted octanol–water partition coefficient (Wildman–Crippen LogP) is 3.49. The molecule has 1 aliphatic rings. The molecule has 3 heteroatoms. The number of halogens is 1. The lowest BCUT2D eigenvalue weighted by molar-refractivity contribution is 0.199. The van der Waals surface area contributed by atoms with Crippen molar-refractivity contribution in [1.82, 2.24) is 0 Å². The zero-order chi connectivity index (χ0) is 11.7. The van der Waals surface area contributed by atoms with Gasteiger partial charge in [0.15, 0.2) is 0 Å². The Hall–Kier alpha value is -0.540. The van der Waals surface area contributed by atoms with E-state index in [1.54, 1.807) is 6.92 Å². The highest BCUT2D eigenvalue weighted by atomic mass is 79.9. The summed E-state index contributed by atoms with van der Waals surface area (Å²) in [6, 6.07) is 6.79. The minimum absolute atomic E-state index is 0.403. The van der Waals surface area contributed by atoms with Crippen LogP contribution in [0.1, 0.15) is 37.9 Å². The minimum Gasteiger partial charge on any atom is -0.389 e. The van der Waals surface area contributed by atoms with Gasteiger partial charge >= 0.3 is 0 Å². The molecule has 0 radical (unpaired) electrons. The van der Waals surface area contributed by atoms with Gasteiger partial charge in [0.2, 0.25) is 0 Å². The van der Waals surface area contributed by atoms with Crippen LogP contribution in [0.5, 0.6) is 0 Å². The molecular formula is C13H18BrNO. The third-order valence-electron chi connectivity index (χ3n) is 3.46. The summed E-state index contributed by atoms with van der Waals surface area (Å²) in [5.74, 6) is 0. The fourth-order valence-corrected chi connectivity index (χ4v) is 2.72. The average molecular weight is 284 g/mol. The summed E-state index contributed by atoms with van der Waals surface area (Å²) in [5.41, 5.74) is 2.17. The molecule has 0 amide bonds. The maximum atomic E-state index is 9.51.